The first-order valence-corrected chi connectivity index (χ1v) is 11.0. The van der Waals surface area contributed by atoms with Crippen LogP contribution in [0.25, 0.3) is 0 Å². The summed E-state index contributed by atoms with van der Waals surface area (Å²) in [5.74, 6) is 6.73. The zero-order chi connectivity index (χ0) is 23.8. The molecular formula is C29H24F4. The van der Waals surface area contributed by atoms with Crippen molar-refractivity contribution < 1.29 is 17.6 Å². The molecule has 0 N–H and O–H groups in total. The van der Waals surface area contributed by atoms with E-state index < -0.39 is 28.8 Å². The van der Waals surface area contributed by atoms with Gasteiger partial charge in [-0.25, -0.2) is 17.6 Å². The summed E-state index contributed by atoms with van der Waals surface area (Å²) < 4.78 is 57.4. The molecule has 0 bridgehead atoms. The van der Waals surface area contributed by atoms with Crippen LogP contribution in [-0.4, -0.2) is 0 Å². The highest BCUT2D eigenvalue weighted by molar-refractivity contribution is 5.50. The second-order valence-electron chi connectivity index (χ2n) is 7.80. The Hall–Kier alpha value is -3.50. The average Bonchev–Trinajstić information content (AvgIpc) is 2.77. The van der Waals surface area contributed by atoms with E-state index in [1.165, 1.54) is 17.7 Å². The Morgan fingerprint density at radius 3 is 1.58 bits per heavy atom. The van der Waals surface area contributed by atoms with Crippen LogP contribution in [0.15, 0.2) is 48.5 Å². The molecule has 0 amide bonds. The fraction of sp³-hybridized carbons (Fsp3) is 0.241. The molecule has 3 rings (SSSR count). The van der Waals surface area contributed by atoms with Crippen molar-refractivity contribution in [3.05, 3.63) is 105 Å². The van der Waals surface area contributed by atoms with Crippen molar-refractivity contribution in [2.24, 2.45) is 0 Å². The van der Waals surface area contributed by atoms with Crippen LogP contribution in [0.5, 0.6) is 0 Å². The molecule has 168 valence electrons. The van der Waals surface area contributed by atoms with E-state index >= 15 is 0 Å². The van der Waals surface area contributed by atoms with Gasteiger partial charge in [0.25, 0.3) is 0 Å². The lowest BCUT2D eigenvalue weighted by Gasteiger charge is -2.03. The molecule has 33 heavy (non-hydrogen) atoms. The lowest BCUT2D eigenvalue weighted by Crippen LogP contribution is -1.95. The molecule has 0 aromatic heterocycles. The van der Waals surface area contributed by atoms with Gasteiger partial charge in [-0.2, -0.15) is 0 Å². The number of benzene rings is 3. The van der Waals surface area contributed by atoms with Gasteiger partial charge in [-0.05, 0) is 66.8 Å². The van der Waals surface area contributed by atoms with Gasteiger partial charge in [0, 0.05) is 11.1 Å². The van der Waals surface area contributed by atoms with Gasteiger partial charge in [-0.3, -0.25) is 0 Å². The Kier molecular flexibility index (Phi) is 8.34. The first-order valence-electron chi connectivity index (χ1n) is 11.0. The zero-order valence-electron chi connectivity index (χ0n) is 18.7. The quantitative estimate of drug-likeness (QED) is 0.283. The van der Waals surface area contributed by atoms with Crippen LogP contribution in [0, 0.1) is 47.0 Å². The number of hydrogen-bond acceptors (Lipinski definition) is 0. The molecule has 0 aliphatic rings. The van der Waals surface area contributed by atoms with Gasteiger partial charge < -0.3 is 0 Å². The zero-order valence-corrected chi connectivity index (χ0v) is 18.7. The van der Waals surface area contributed by atoms with Gasteiger partial charge in [0.15, 0.2) is 0 Å². The Morgan fingerprint density at radius 2 is 1.06 bits per heavy atom. The predicted molar refractivity (Wildman–Crippen MR) is 124 cm³/mol. The number of aryl methyl sites for hydroxylation is 2. The Balaban J connectivity index is 1.82. The molecule has 3 aromatic rings. The maximum atomic E-state index is 14.5. The highest BCUT2D eigenvalue weighted by Crippen LogP contribution is 2.18. The topological polar surface area (TPSA) is 0 Å². The summed E-state index contributed by atoms with van der Waals surface area (Å²) in [6.45, 7) is 4.03. The molecule has 0 aliphatic heterocycles. The summed E-state index contributed by atoms with van der Waals surface area (Å²) in [7, 11) is 0. The number of halogens is 4. The van der Waals surface area contributed by atoms with Crippen molar-refractivity contribution in [3.8, 4) is 23.7 Å². The van der Waals surface area contributed by atoms with E-state index in [0.29, 0.717) is 17.5 Å². The molecule has 0 atom stereocenters. The van der Waals surface area contributed by atoms with Crippen LogP contribution in [0.1, 0.15) is 66.5 Å². The van der Waals surface area contributed by atoms with Crippen LogP contribution in [-0.2, 0) is 12.8 Å². The minimum absolute atomic E-state index is 0.0349. The van der Waals surface area contributed by atoms with Crippen molar-refractivity contribution in [1.82, 2.24) is 0 Å². The number of rotatable bonds is 5. The molecule has 0 saturated carbocycles. The molecule has 0 spiro atoms. The first kappa shape index (κ1) is 24.1. The van der Waals surface area contributed by atoms with E-state index in [0.717, 1.165) is 37.8 Å². The highest BCUT2D eigenvalue weighted by Gasteiger charge is 2.11. The van der Waals surface area contributed by atoms with Gasteiger partial charge in [-0.15, -0.1) is 0 Å². The van der Waals surface area contributed by atoms with Crippen molar-refractivity contribution >= 4 is 0 Å². The summed E-state index contributed by atoms with van der Waals surface area (Å²) in [5, 5.41) is 0. The van der Waals surface area contributed by atoms with E-state index in [1.807, 2.05) is 31.2 Å². The van der Waals surface area contributed by atoms with Crippen molar-refractivity contribution in [2.45, 2.75) is 46.0 Å². The minimum atomic E-state index is -0.884. The Labute approximate surface area is 192 Å². The minimum Gasteiger partial charge on any atom is -0.206 e. The molecule has 0 unspecified atom stereocenters. The van der Waals surface area contributed by atoms with Gasteiger partial charge in [0.05, 0.1) is 11.1 Å². The van der Waals surface area contributed by atoms with E-state index in [2.05, 4.69) is 30.6 Å². The van der Waals surface area contributed by atoms with Gasteiger partial charge in [0.2, 0.25) is 0 Å². The molecule has 0 heterocycles. The SMILES string of the molecule is CCCCc1ccc(C#Cc2c(F)cc(C#Cc3c(F)cc(CCC)cc3F)cc2F)cc1. The third kappa shape index (κ3) is 6.50. The van der Waals surface area contributed by atoms with E-state index in [1.54, 1.807) is 0 Å². The first-order chi connectivity index (χ1) is 15.9. The second kappa shape index (κ2) is 11.4. The molecular weight excluding hydrogens is 424 g/mol. The number of hydrogen-bond donors (Lipinski definition) is 0. The fourth-order valence-corrected chi connectivity index (χ4v) is 3.35. The van der Waals surface area contributed by atoms with Crippen molar-refractivity contribution in [1.29, 1.82) is 0 Å². The standard InChI is InChI=1S/C29H24F4/c1-3-5-7-20-8-10-21(11-9-20)12-14-24-28(32)18-23(19-29(24)33)13-15-25-26(30)16-22(6-4-2)17-27(25)31/h8-11,16-19H,3-7H2,1-2H3. The van der Waals surface area contributed by atoms with E-state index in [4.69, 9.17) is 0 Å². The predicted octanol–water partition coefficient (Wildman–Crippen LogP) is 7.34. The lowest BCUT2D eigenvalue weighted by atomic mass is 10.1. The summed E-state index contributed by atoms with van der Waals surface area (Å²) >= 11 is 0. The van der Waals surface area contributed by atoms with Crippen LogP contribution in [0.2, 0.25) is 0 Å². The monoisotopic (exact) mass is 448 g/mol. The Bertz CT molecular complexity index is 1200. The molecule has 4 heteroatoms. The van der Waals surface area contributed by atoms with Gasteiger partial charge in [-0.1, -0.05) is 62.5 Å². The average molecular weight is 449 g/mol. The smallest absolute Gasteiger partial charge is 0.143 e. The largest absolute Gasteiger partial charge is 0.206 e. The summed E-state index contributed by atoms with van der Waals surface area (Å²) in [6, 6.07) is 12.0. The van der Waals surface area contributed by atoms with E-state index in [-0.39, 0.29) is 11.1 Å². The van der Waals surface area contributed by atoms with Gasteiger partial charge in [0.1, 0.15) is 23.3 Å². The molecule has 0 radical (unpaired) electrons. The Morgan fingerprint density at radius 1 is 0.545 bits per heavy atom. The van der Waals surface area contributed by atoms with Crippen LogP contribution in [0.3, 0.4) is 0 Å². The summed E-state index contributed by atoms with van der Waals surface area (Å²) in [4.78, 5) is 0. The maximum Gasteiger partial charge on any atom is 0.143 e. The van der Waals surface area contributed by atoms with Crippen molar-refractivity contribution in [2.75, 3.05) is 0 Å². The van der Waals surface area contributed by atoms with Gasteiger partial charge >= 0.3 is 0 Å². The van der Waals surface area contributed by atoms with Crippen LogP contribution >= 0.6 is 0 Å². The molecule has 3 aromatic carbocycles. The normalized spacial score (nSPS) is 10.2. The molecule has 0 aliphatic carbocycles. The maximum absolute atomic E-state index is 14.5. The third-order valence-electron chi connectivity index (χ3n) is 5.12. The molecule has 0 fully saturated rings. The highest BCUT2D eigenvalue weighted by atomic mass is 19.1. The number of unbranched alkanes of at least 4 members (excludes halogenated alkanes) is 1. The summed E-state index contributed by atoms with van der Waals surface area (Å²) in [6.07, 6.45) is 4.48. The lowest BCUT2D eigenvalue weighted by molar-refractivity contribution is 0.573. The summed E-state index contributed by atoms with van der Waals surface area (Å²) in [5.41, 5.74) is 1.53. The third-order valence-corrected chi connectivity index (χ3v) is 5.12. The molecule has 0 saturated heterocycles. The van der Waals surface area contributed by atoms with E-state index in [9.17, 15) is 17.6 Å². The second-order valence-corrected chi connectivity index (χ2v) is 7.80. The van der Waals surface area contributed by atoms with Crippen molar-refractivity contribution in [3.63, 3.8) is 0 Å². The van der Waals surface area contributed by atoms with Crippen LogP contribution < -0.4 is 0 Å². The molecule has 0 nitrogen and oxygen atoms in total. The van der Waals surface area contributed by atoms with Crippen LogP contribution in [0.4, 0.5) is 17.6 Å². The fourth-order valence-electron chi connectivity index (χ4n) is 3.35.